The van der Waals surface area contributed by atoms with E-state index < -0.39 is 0 Å². The lowest BCUT2D eigenvalue weighted by molar-refractivity contribution is 0.0934. The third-order valence-corrected chi connectivity index (χ3v) is 7.69. The summed E-state index contributed by atoms with van der Waals surface area (Å²) in [6.45, 7) is 7.03. The van der Waals surface area contributed by atoms with Crippen molar-refractivity contribution in [2.75, 3.05) is 12.4 Å². The maximum absolute atomic E-state index is 12.9. The molecule has 1 amide bonds. The second-order valence-corrected chi connectivity index (χ2v) is 9.42. The highest BCUT2D eigenvalue weighted by molar-refractivity contribution is 7.16. The predicted octanol–water partition coefficient (Wildman–Crippen LogP) is 5.15. The molecule has 2 aliphatic rings. The number of carbonyl (C=O) groups excluding carboxylic acids is 1. The molecule has 4 rings (SSSR count). The molecule has 0 radical (unpaired) electrons. The van der Waals surface area contributed by atoms with Crippen LogP contribution in [0.25, 0.3) is 0 Å². The van der Waals surface area contributed by atoms with Crippen molar-refractivity contribution >= 4 is 22.2 Å². The summed E-state index contributed by atoms with van der Waals surface area (Å²) in [5.41, 5.74) is 3.54. The normalized spacial score (nSPS) is 21.7. The van der Waals surface area contributed by atoms with Crippen LogP contribution in [0.15, 0.2) is 24.3 Å². The fraction of sp³-hybridized carbons (Fsp3) is 0.500. The molecule has 2 atom stereocenters. The van der Waals surface area contributed by atoms with Crippen molar-refractivity contribution < 1.29 is 9.53 Å². The summed E-state index contributed by atoms with van der Waals surface area (Å²) in [6.07, 6.45) is 4.27. The molecule has 0 bridgehead atoms. The van der Waals surface area contributed by atoms with E-state index in [9.17, 15) is 4.79 Å². The average molecular weight is 385 g/mol. The van der Waals surface area contributed by atoms with Crippen molar-refractivity contribution in [3.63, 3.8) is 0 Å². The quantitative estimate of drug-likeness (QED) is 0.766. The summed E-state index contributed by atoms with van der Waals surface area (Å²) in [5.74, 6) is 1.56. The minimum absolute atomic E-state index is 0.0512. The zero-order chi connectivity index (χ0) is 19.2. The molecule has 0 saturated carbocycles. The smallest absolute Gasteiger partial charge is 0.256 e. The Morgan fingerprint density at radius 2 is 1.96 bits per heavy atom. The van der Waals surface area contributed by atoms with Gasteiger partial charge in [-0.15, -0.1) is 11.3 Å². The van der Waals surface area contributed by atoms with Crippen LogP contribution in [0.1, 0.15) is 66.1 Å². The van der Waals surface area contributed by atoms with Gasteiger partial charge in [-0.1, -0.05) is 39.3 Å². The van der Waals surface area contributed by atoms with Crippen molar-refractivity contribution in [3.8, 4) is 5.75 Å². The topological polar surface area (TPSA) is 50.4 Å². The number of benzene rings is 1. The Kier molecular flexibility index (Phi) is 4.66. The number of thiophene rings is 1. The Balaban J connectivity index is 1.60. The molecule has 1 aromatic carbocycles. The van der Waals surface area contributed by atoms with Gasteiger partial charge in [0.15, 0.2) is 0 Å². The van der Waals surface area contributed by atoms with Crippen LogP contribution >= 0.6 is 11.3 Å². The first-order valence-electron chi connectivity index (χ1n) is 9.79. The number of methoxy groups -OCH3 is 1. The van der Waals surface area contributed by atoms with Crippen LogP contribution in [0.5, 0.6) is 5.75 Å². The van der Waals surface area contributed by atoms with Gasteiger partial charge in [-0.3, -0.25) is 4.79 Å². The maximum Gasteiger partial charge on any atom is 0.256 e. The Hall–Kier alpha value is -2.01. The number of rotatable bonds is 4. The molecule has 2 heterocycles. The number of amides is 1. The molecule has 2 N–H and O–H groups in total. The highest BCUT2D eigenvalue weighted by Crippen LogP contribution is 2.46. The SMILES string of the molecule is CCC(C)(C)[C@@H]1CCc2c(sc3c2C(=O)N[C@@H](c2ccc(OC)cc2)N3)C1. The highest BCUT2D eigenvalue weighted by atomic mass is 32.1. The lowest BCUT2D eigenvalue weighted by atomic mass is 9.69. The van der Waals surface area contributed by atoms with E-state index in [1.807, 2.05) is 24.3 Å². The molecule has 27 heavy (non-hydrogen) atoms. The summed E-state index contributed by atoms with van der Waals surface area (Å²) >= 11 is 1.78. The molecule has 4 nitrogen and oxygen atoms in total. The molecule has 0 fully saturated rings. The van der Waals surface area contributed by atoms with Crippen LogP contribution < -0.4 is 15.4 Å². The van der Waals surface area contributed by atoms with E-state index in [-0.39, 0.29) is 12.1 Å². The summed E-state index contributed by atoms with van der Waals surface area (Å²) in [5, 5.41) is 7.71. The number of hydrogen-bond donors (Lipinski definition) is 2. The molecule has 2 aromatic rings. The number of fused-ring (bicyclic) bond motifs is 3. The number of nitrogens with one attached hydrogen (secondary N) is 2. The molecule has 144 valence electrons. The van der Waals surface area contributed by atoms with E-state index in [0.717, 1.165) is 34.7 Å². The van der Waals surface area contributed by atoms with Gasteiger partial charge < -0.3 is 15.4 Å². The van der Waals surface area contributed by atoms with Crippen LogP contribution in [-0.2, 0) is 12.8 Å². The van der Waals surface area contributed by atoms with Crippen molar-refractivity contribution in [3.05, 3.63) is 45.8 Å². The van der Waals surface area contributed by atoms with Crippen LogP contribution in [0.3, 0.4) is 0 Å². The molecule has 0 saturated heterocycles. The van der Waals surface area contributed by atoms with Gasteiger partial charge in [0.1, 0.15) is 16.9 Å². The lowest BCUT2D eigenvalue weighted by Gasteiger charge is -2.36. The van der Waals surface area contributed by atoms with Gasteiger partial charge in [-0.05, 0) is 53.9 Å². The monoisotopic (exact) mass is 384 g/mol. The minimum Gasteiger partial charge on any atom is -0.497 e. The molecule has 5 heteroatoms. The van der Waals surface area contributed by atoms with E-state index in [1.165, 1.54) is 23.3 Å². The average Bonchev–Trinajstić information content (AvgIpc) is 3.06. The summed E-state index contributed by atoms with van der Waals surface area (Å²) in [7, 11) is 1.66. The van der Waals surface area contributed by atoms with Gasteiger partial charge >= 0.3 is 0 Å². The molecular weight excluding hydrogens is 356 g/mol. The van der Waals surface area contributed by atoms with Gasteiger partial charge in [-0.25, -0.2) is 0 Å². The van der Waals surface area contributed by atoms with Crippen LogP contribution in [-0.4, -0.2) is 13.0 Å². The second-order valence-electron chi connectivity index (χ2n) is 8.31. The molecule has 0 spiro atoms. The predicted molar refractivity (Wildman–Crippen MR) is 111 cm³/mol. The van der Waals surface area contributed by atoms with Crippen molar-refractivity contribution in [1.82, 2.24) is 5.32 Å². The van der Waals surface area contributed by atoms with Gasteiger partial charge in [-0.2, -0.15) is 0 Å². The molecule has 1 aliphatic carbocycles. The largest absolute Gasteiger partial charge is 0.497 e. The van der Waals surface area contributed by atoms with E-state index >= 15 is 0 Å². The van der Waals surface area contributed by atoms with Gasteiger partial charge in [0.25, 0.3) is 5.91 Å². The fourth-order valence-corrected chi connectivity index (χ4v) is 5.57. The van der Waals surface area contributed by atoms with Gasteiger partial charge in [0, 0.05) is 4.88 Å². The molecular formula is C22H28N2O2S. The molecule has 0 unspecified atom stereocenters. The van der Waals surface area contributed by atoms with Crippen LogP contribution in [0, 0.1) is 11.3 Å². The Morgan fingerprint density at radius 3 is 2.63 bits per heavy atom. The number of hydrogen-bond acceptors (Lipinski definition) is 4. The first-order valence-corrected chi connectivity index (χ1v) is 10.6. The van der Waals surface area contributed by atoms with Gasteiger partial charge in [0.2, 0.25) is 0 Å². The van der Waals surface area contributed by atoms with E-state index in [0.29, 0.717) is 11.3 Å². The summed E-state index contributed by atoms with van der Waals surface area (Å²) in [6, 6.07) is 7.84. The van der Waals surface area contributed by atoms with E-state index in [4.69, 9.17) is 4.74 Å². The van der Waals surface area contributed by atoms with E-state index in [1.54, 1.807) is 18.4 Å². The molecule has 1 aromatic heterocycles. The standard InChI is InChI=1S/C22H28N2O2S/c1-5-22(2,3)14-8-11-16-17(12-14)27-21-18(16)20(25)23-19(24-21)13-6-9-15(26-4)10-7-13/h6-7,9-10,14,19,24H,5,8,11-12H2,1-4H3,(H,23,25)/t14-,19-/m1/s1. The first-order chi connectivity index (χ1) is 12.9. The Morgan fingerprint density at radius 1 is 1.22 bits per heavy atom. The summed E-state index contributed by atoms with van der Waals surface area (Å²) < 4.78 is 5.23. The van der Waals surface area contributed by atoms with Crippen molar-refractivity contribution in [1.29, 1.82) is 0 Å². The van der Waals surface area contributed by atoms with Gasteiger partial charge in [0.05, 0.1) is 12.7 Å². The van der Waals surface area contributed by atoms with Crippen molar-refractivity contribution in [2.45, 2.75) is 52.6 Å². The number of anilines is 1. The molecule has 1 aliphatic heterocycles. The van der Waals surface area contributed by atoms with Crippen molar-refractivity contribution in [2.24, 2.45) is 11.3 Å². The maximum atomic E-state index is 12.9. The van der Waals surface area contributed by atoms with Crippen LogP contribution in [0.4, 0.5) is 5.00 Å². The number of carbonyl (C=O) groups is 1. The zero-order valence-corrected chi connectivity index (χ0v) is 17.3. The minimum atomic E-state index is -0.195. The Bertz CT molecular complexity index is 854. The zero-order valence-electron chi connectivity index (χ0n) is 16.5. The summed E-state index contributed by atoms with van der Waals surface area (Å²) in [4.78, 5) is 14.3. The lowest BCUT2D eigenvalue weighted by Crippen LogP contribution is -2.38. The van der Waals surface area contributed by atoms with E-state index in [2.05, 4.69) is 31.4 Å². The number of ether oxygens (including phenoxy) is 1. The fourth-order valence-electron chi connectivity index (χ4n) is 4.22. The third-order valence-electron chi connectivity index (χ3n) is 6.51. The first kappa shape index (κ1) is 18.4. The Labute approximate surface area is 165 Å². The third kappa shape index (κ3) is 3.22. The highest BCUT2D eigenvalue weighted by Gasteiger charge is 2.37. The second kappa shape index (κ2) is 6.86. The van der Waals surface area contributed by atoms with Crippen LogP contribution in [0.2, 0.25) is 0 Å².